The lowest BCUT2D eigenvalue weighted by molar-refractivity contribution is -0.115. The summed E-state index contributed by atoms with van der Waals surface area (Å²) in [7, 11) is 0. The molecule has 2 N–H and O–H groups in total. The summed E-state index contributed by atoms with van der Waals surface area (Å²) in [6.07, 6.45) is 1.40. The van der Waals surface area contributed by atoms with Gasteiger partial charge < -0.3 is 15.5 Å². The Labute approximate surface area is 119 Å². The lowest BCUT2D eigenvalue weighted by Gasteiger charge is -2.20. The Morgan fingerprint density at radius 1 is 1.30 bits per heavy atom. The van der Waals surface area contributed by atoms with Crippen LogP contribution in [0.5, 0.6) is 0 Å². The van der Waals surface area contributed by atoms with E-state index in [0.717, 1.165) is 32.6 Å². The molecule has 0 unspecified atom stereocenters. The minimum atomic E-state index is -0.0476. The Morgan fingerprint density at radius 2 is 2.15 bits per heavy atom. The fourth-order valence-electron chi connectivity index (χ4n) is 2.21. The maximum Gasteiger partial charge on any atom is 0.253 e. The number of benzene rings is 1. The average molecular weight is 275 g/mol. The van der Waals surface area contributed by atoms with E-state index in [9.17, 15) is 9.59 Å². The maximum atomic E-state index is 12.4. The zero-order valence-corrected chi connectivity index (χ0v) is 11.8. The van der Waals surface area contributed by atoms with Crippen LogP contribution >= 0.6 is 0 Å². The van der Waals surface area contributed by atoms with Crippen LogP contribution < -0.4 is 10.6 Å². The van der Waals surface area contributed by atoms with Crippen molar-refractivity contribution >= 4 is 17.5 Å². The molecule has 1 aliphatic rings. The Balaban J connectivity index is 2.09. The van der Waals surface area contributed by atoms with Gasteiger partial charge in [-0.25, -0.2) is 0 Å². The molecule has 1 saturated heterocycles. The van der Waals surface area contributed by atoms with Crippen molar-refractivity contribution in [3.8, 4) is 0 Å². The topological polar surface area (TPSA) is 61.4 Å². The summed E-state index contributed by atoms with van der Waals surface area (Å²) in [5.41, 5.74) is 1.30. The van der Waals surface area contributed by atoms with E-state index in [1.165, 1.54) is 0 Å². The van der Waals surface area contributed by atoms with E-state index >= 15 is 0 Å². The minimum Gasteiger partial charge on any atom is -0.337 e. The van der Waals surface area contributed by atoms with E-state index in [4.69, 9.17) is 0 Å². The first-order valence-electron chi connectivity index (χ1n) is 7.10. The molecule has 0 atom stereocenters. The van der Waals surface area contributed by atoms with Gasteiger partial charge in [-0.1, -0.05) is 13.0 Å². The Hall–Kier alpha value is -1.88. The summed E-state index contributed by atoms with van der Waals surface area (Å²) in [6.45, 7) is 5.09. The molecule has 2 rings (SSSR count). The first-order chi connectivity index (χ1) is 9.70. The number of hydrogen-bond acceptors (Lipinski definition) is 3. The van der Waals surface area contributed by atoms with Crippen LogP contribution in [0.1, 0.15) is 30.1 Å². The van der Waals surface area contributed by atoms with Gasteiger partial charge in [0.1, 0.15) is 0 Å². The van der Waals surface area contributed by atoms with Gasteiger partial charge >= 0.3 is 0 Å². The monoisotopic (exact) mass is 275 g/mol. The van der Waals surface area contributed by atoms with E-state index in [-0.39, 0.29) is 11.8 Å². The van der Waals surface area contributed by atoms with Gasteiger partial charge in [-0.15, -0.1) is 0 Å². The smallest absolute Gasteiger partial charge is 0.253 e. The van der Waals surface area contributed by atoms with Crippen molar-refractivity contribution in [1.29, 1.82) is 0 Å². The number of carbonyl (C=O) groups is 2. The molecule has 5 nitrogen and oxygen atoms in total. The van der Waals surface area contributed by atoms with E-state index in [2.05, 4.69) is 10.6 Å². The van der Waals surface area contributed by atoms with Gasteiger partial charge in [0, 0.05) is 37.3 Å². The molecule has 0 saturated carbocycles. The van der Waals surface area contributed by atoms with Crippen molar-refractivity contribution in [2.24, 2.45) is 0 Å². The molecule has 0 spiro atoms. The minimum absolute atomic E-state index is 0.0290. The number of nitrogens with zero attached hydrogens (tertiary/aromatic N) is 1. The van der Waals surface area contributed by atoms with Gasteiger partial charge in [0.15, 0.2) is 0 Å². The number of anilines is 1. The van der Waals surface area contributed by atoms with Crippen LogP contribution in [-0.2, 0) is 4.79 Å². The van der Waals surface area contributed by atoms with Gasteiger partial charge in [-0.2, -0.15) is 0 Å². The predicted octanol–water partition coefficient (Wildman–Crippen LogP) is 1.47. The normalized spacial score (nSPS) is 15.6. The fraction of sp³-hybridized carbons (Fsp3) is 0.467. The predicted molar refractivity (Wildman–Crippen MR) is 78.8 cm³/mol. The highest BCUT2D eigenvalue weighted by Crippen LogP contribution is 2.13. The highest BCUT2D eigenvalue weighted by Gasteiger charge is 2.17. The molecule has 0 bridgehead atoms. The summed E-state index contributed by atoms with van der Waals surface area (Å²) < 4.78 is 0. The maximum absolute atomic E-state index is 12.4. The standard InChI is InChI=1S/C15H21N3O2/c1-2-14(19)17-13-6-3-5-12(11-13)15(20)18-9-4-7-16-8-10-18/h3,5-6,11,16H,2,4,7-10H2,1H3,(H,17,19). The Bertz CT molecular complexity index is 480. The van der Waals surface area contributed by atoms with E-state index in [0.29, 0.717) is 17.7 Å². The van der Waals surface area contributed by atoms with Gasteiger partial charge in [0.05, 0.1) is 0 Å². The third-order valence-electron chi connectivity index (χ3n) is 3.34. The highest BCUT2D eigenvalue weighted by atomic mass is 16.2. The first kappa shape index (κ1) is 14.5. The molecule has 0 aromatic heterocycles. The molecule has 2 amide bonds. The summed E-state index contributed by atoms with van der Waals surface area (Å²) >= 11 is 0. The van der Waals surface area contributed by atoms with Crippen molar-refractivity contribution in [3.05, 3.63) is 29.8 Å². The molecule has 1 aromatic carbocycles. The van der Waals surface area contributed by atoms with Gasteiger partial charge in [-0.3, -0.25) is 9.59 Å². The van der Waals surface area contributed by atoms with Crippen molar-refractivity contribution in [1.82, 2.24) is 10.2 Å². The van der Waals surface area contributed by atoms with Crippen molar-refractivity contribution in [3.63, 3.8) is 0 Å². The molecule has 0 radical (unpaired) electrons. The van der Waals surface area contributed by atoms with E-state index < -0.39 is 0 Å². The second-order valence-corrected chi connectivity index (χ2v) is 4.88. The van der Waals surface area contributed by atoms with Gasteiger partial charge in [0.2, 0.25) is 5.91 Å². The van der Waals surface area contributed by atoms with E-state index in [1.54, 1.807) is 31.2 Å². The van der Waals surface area contributed by atoms with Crippen molar-refractivity contribution < 1.29 is 9.59 Å². The summed E-state index contributed by atoms with van der Waals surface area (Å²) in [5.74, 6) is -0.0186. The lowest BCUT2D eigenvalue weighted by Crippen LogP contribution is -2.34. The molecular weight excluding hydrogens is 254 g/mol. The van der Waals surface area contributed by atoms with E-state index in [1.807, 2.05) is 4.90 Å². The zero-order valence-electron chi connectivity index (χ0n) is 11.8. The molecule has 0 aliphatic carbocycles. The molecule has 108 valence electrons. The SMILES string of the molecule is CCC(=O)Nc1cccc(C(=O)N2CCCNCC2)c1. The van der Waals surface area contributed by atoms with Crippen LogP contribution in [0.15, 0.2) is 24.3 Å². The highest BCUT2D eigenvalue weighted by molar-refractivity contribution is 5.97. The van der Waals surface area contributed by atoms with Crippen LogP contribution in [0.2, 0.25) is 0 Å². The number of rotatable bonds is 3. The molecule has 5 heteroatoms. The molecule has 20 heavy (non-hydrogen) atoms. The third kappa shape index (κ3) is 3.81. The second-order valence-electron chi connectivity index (χ2n) is 4.88. The van der Waals surface area contributed by atoms with Crippen LogP contribution in [0.25, 0.3) is 0 Å². The van der Waals surface area contributed by atoms with Gasteiger partial charge in [-0.05, 0) is 31.2 Å². The summed E-state index contributed by atoms with van der Waals surface area (Å²) in [6, 6.07) is 7.14. The molecule has 1 heterocycles. The van der Waals surface area contributed by atoms with Crippen LogP contribution in [-0.4, -0.2) is 42.9 Å². The third-order valence-corrected chi connectivity index (χ3v) is 3.34. The number of hydrogen-bond donors (Lipinski definition) is 2. The van der Waals surface area contributed by atoms with Crippen LogP contribution in [0.3, 0.4) is 0 Å². The second kappa shape index (κ2) is 7.05. The first-order valence-corrected chi connectivity index (χ1v) is 7.10. The molecule has 1 fully saturated rings. The van der Waals surface area contributed by atoms with Crippen LogP contribution in [0, 0.1) is 0 Å². The zero-order chi connectivity index (χ0) is 14.4. The van der Waals surface area contributed by atoms with Crippen LogP contribution in [0.4, 0.5) is 5.69 Å². The fourth-order valence-corrected chi connectivity index (χ4v) is 2.21. The molecule has 1 aromatic rings. The Morgan fingerprint density at radius 3 is 2.95 bits per heavy atom. The Kier molecular flexibility index (Phi) is 5.12. The number of carbonyl (C=O) groups excluding carboxylic acids is 2. The van der Waals surface area contributed by atoms with Crippen molar-refractivity contribution in [2.75, 3.05) is 31.5 Å². The number of nitrogens with one attached hydrogen (secondary N) is 2. The molecular formula is C15H21N3O2. The largest absolute Gasteiger partial charge is 0.337 e. The lowest BCUT2D eigenvalue weighted by atomic mass is 10.1. The number of amides is 2. The summed E-state index contributed by atoms with van der Waals surface area (Å²) in [5, 5.41) is 6.06. The quantitative estimate of drug-likeness (QED) is 0.878. The van der Waals surface area contributed by atoms with Crippen molar-refractivity contribution in [2.45, 2.75) is 19.8 Å². The molecule has 1 aliphatic heterocycles. The van der Waals surface area contributed by atoms with Gasteiger partial charge in [0.25, 0.3) is 5.91 Å². The average Bonchev–Trinajstić information content (AvgIpc) is 2.75. The summed E-state index contributed by atoms with van der Waals surface area (Å²) in [4.78, 5) is 25.7.